The Labute approximate surface area is 129 Å². The van der Waals surface area contributed by atoms with Gasteiger partial charge in [-0.05, 0) is 25.2 Å². The summed E-state index contributed by atoms with van der Waals surface area (Å²) in [6.07, 6.45) is 12.1. The van der Waals surface area contributed by atoms with Crippen LogP contribution in [-0.2, 0) is 9.22 Å². The standard InChI is InChI=1S/C17H36O2Si/c1-5-9-10-11-12-13-14-15(6-2)17(7-3,8-4)16(18)19-20/h15H,5-14H2,1-4,20H3. The molecule has 0 aliphatic rings. The van der Waals surface area contributed by atoms with Crippen molar-refractivity contribution in [3.05, 3.63) is 0 Å². The first-order chi connectivity index (χ1) is 9.62. The summed E-state index contributed by atoms with van der Waals surface area (Å²) >= 11 is 0. The fourth-order valence-electron chi connectivity index (χ4n) is 3.53. The minimum Gasteiger partial charge on any atom is -0.528 e. The second kappa shape index (κ2) is 11.4. The quantitative estimate of drug-likeness (QED) is 0.394. The molecule has 0 aromatic carbocycles. The zero-order valence-electron chi connectivity index (χ0n) is 14.5. The summed E-state index contributed by atoms with van der Waals surface area (Å²) in [5.74, 6) is 0.553. The van der Waals surface area contributed by atoms with Gasteiger partial charge >= 0.3 is 0 Å². The van der Waals surface area contributed by atoms with E-state index in [9.17, 15) is 4.79 Å². The van der Waals surface area contributed by atoms with E-state index in [-0.39, 0.29) is 11.4 Å². The molecule has 0 saturated heterocycles. The molecule has 2 nitrogen and oxygen atoms in total. The lowest BCUT2D eigenvalue weighted by atomic mass is 9.68. The van der Waals surface area contributed by atoms with Gasteiger partial charge in [0.25, 0.3) is 5.97 Å². The summed E-state index contributed by atoms with van der Waals surface area (Å²) in [5.41, 5.74) is -0.222. The molecule has 0 aromatic rings. The molecule has 0 amide bonds. The van der Waals surface area contributed by atoms with Gasteiger partial charge in [0.05, 0.1) is 5.41 Å². The highest BCUT2D eigenvalue weighted by Crippen LogP contribution is 2.41. The zero-order chi connectivity index (χ0) is 15.4. The first-order valence-electron chi connectivity index (χ1n) is 8.71. The molecule has 20 heavy (non-hydrogen) atoms. The summed E-state index contributed by atoms with van der Waals surface area (Å²) in [6.45, 7) is 8.77. The summed E-state index contributed by atoms with van der Waals surface area (Å²) in [7, 11) is 0.518. The predicted octanol–water partition coefficient (Wildman–Crippen LogP) is 4.39. The largest absolute Gasteiger partial charge is 0.528 e. The maximum absolute atomic E-state index is 12.3. The van der Waals surface area contributed by atoms with E-state index in [1.54, 1.807) is 0 Å². The molecule has 0 N–H and O–H groups in total. The van der Waals surface area contributed by atoms with Crippen molar-refractivity contribution in [1.29, 1.82) is 0 Å². The molecule has 0 aliphatic carbocycles. The number of unbranched alkanes of at least 4 members (excludes halogenated alkanes) is 5. The molecule has 0 heterocycles. The molecule has 0 spiro atoms. The van der Waals surface area contributed by atoms with Gasteiger partial charge in [-0.25, -0.2) is 0 Å². The van der Waals surface area contributed by atoms with Crippen molar-refractivity contribution >= 4 is 16.5 Å². The summed E-state index contributed by atoms with van der Waals surface area (Å²) < 4.78 is 5.24. The highest BCUT2D eigenvalue weighted by molar-refractivity contribution is 6.06. The molecule has 0 bridgehead atoms. The molecular weight excluding hydrogens is 264 g/mol. The van der Waals surface area contributed by atoms with E-state index >= 15 is 0 Å². The minimum atomic E-state index is -0.222. The van der Waals surface area contributed by atoms with Crippen LogP contribution < -0.4 is 0 Å². The van der Waals surface area contributed by atoms with Crippen molar-refractivity contribution in [2.24, 2.45) is 11.3 Å². The average Bonchev–Trinajstić information content (AvgIpc) is 2.49. The predicted molar refractivity (Wildman–Crippen MR) is 90.8 cm³/mol. The van der Waals surface area contributed by atoms with Crippen LogP contribution in [-0.4, -0.2) is 16.5 Å². The van der Waals surface area contributed by atoms with Crippen LogP contribution >= 0.6 is 0 Å². The monoisotopic (exact) mass is 300 g/mol. The second-order valence-electron chi connectivity index (χ2n) is 6.02. The van der Waals surface area contributed by atoms with Crippen molar-refractivity contribution in [3.8, 4) is 0 Å². The molecule has 0 saturated carbocycles. The highest BCUT2D eigenvalue weighted by atomic mass is 28.2. The van der Waals surface area contributed by atoms with Gasteiger partial charge in [0, 0.05) is 0 Å². The molecule has 0 rings (SSSR count). The van der Waals surface area contributed by atoms with E-state index in [1.165, 1.54) is 44.9 Å². The van der Waals surface area contributed by atoms with Gasteiger partial charge in [-0.1, -0.05) is 72.6 Å². The Kier molecular flexibility index (Phi) is 11.2. The van der Waals surface area contributed by atoms with Crippen LogP contribution in [0.25, 0.3) is 0 Å². The Bertz CT molecular complexity index is 249. The van der Waals surface area contributed by atoms with E-state index in [2.05, 4.69) is 27.7 Å². The fraction of sp³-hybridized carbons (Fsp3) is 0.941. The molecule has 3 heteroatoms. The van der Waals surface area contributed by atoms with Gasteiger partial charge in [-0.2, -0.15) is 0 Å². The Balaban J connectivity index is 4.42. The first-order valence-corrected chi connectivity index (χ1v) is 9.52. The van der Waals surface area contributed by atoms with Crippen LogP contribution in [0.15, 0.2) is 0 Å². The smallest absolute Gasteiger partial charge is 0.298 e. The lowest BCUT2D eigenvalue weighted by Gasteiger charge is -2.37. The van der Waals surface area contributed by atoms with E-state index < -0.39 is 0 Å². The fourth-order valence-corrected chi connectivity index (χ4v) is 3.93. The van der Waals surface area contributed by atoms with Crippen molar-refractivity contribution in [2.75, 3.05) is 0 Å². The zero-order valence-corrected chi connectivity index (χ0v) is 16.5. The Morgan fingerprint density at radius 3 is 2.00 bits per heavy atom. The molecule has 0 radical (unpaired) electrons. The summed E-state index contributed by atoms with van der Waals surface area (Å²) in [4.78, 5) is 12.3. The lowest BCUT2D eigenvalue weighted by molar-refractivity contribution is -0.150. The van der Waals surface area contributed by atoms with Crippen molar-refractivity contribution in [1.82, 2.24) is 0 Å². The first kappa shape index (κ1) is 19.7. The third kappa shape index (κ3) is 5.59. The van der Waals surface area contributed by atoms with E-state index in [0.29, 0.717) is 16.4 Å². The number of hydrogen-bond donors (Lipinski definition) is 0. The van der Waals surface area contributed by atoms with Crippen LogP contribution in [0.2, 0.25) is 0 Å². The lowest BCUT2D eigenvalue weighted by Crippen LogP contribution is -2.38. The third-order valence-corrected chi connectivity index (χ3v) is 5.40. The second-order valence-corrected chi connectivity index (χ2v) is 6.42. The average molecular weight is 301 g/mol. The Hall–Kier alpha value is -0.313. The van der Waals surface area contributed by atoms with E-state index in [0.717, 1.165) is 19.3 Å². The van der Waals surface area contributed by atoms with E-state index in [1.807, 2.05) is 0 Å². The van der Waals surface area contributed by atoms with Crippen LogP contribution in [0.4, 0.5) is 0 Å². The van der Waals surface area contributed by atoms with Gasteiger partial charge in [0.1, 0.15) is 0 Å². The van der Waals surface area contributed by atoms with Gasteiger partial charge < -0.3 is 4.43 Å². The number of hydrogen-bond acceptors (Lipinski definition) is 2. The van der Waals surface area contributed by atoms with Gasteiger partial charge in [0.2, 0.25) is 10.5 Å². The molecule has 0 aromatic heterocycles. The van der Waals surface area contributed by atoms with E-state index in [4.69, 9.17) is 4.43 Å². The summed E-state index contributed by atoms with van der Waals surface area (Å²) in [5, 5.41) is 0. The molecule has 120 valence electrons. The molecular formula is C17H36O2Si. The van der Waals surface area contributed by atoms with Crippen LogP contribution in [0.5, 0.6) is 0 Å². The molecule has 1 unspecified atom stereocenters. The Morgan fingerprint density at radius 1 is 1.00 bits per heavy atom. The maximum atomic E-state index is 12.3. The van der Waals surface area contributed by atoms with Gasteiger partial charge in [-0.3, -0.25) is 4.79 Å². The third-order valence-electron chi connectivity index (χ3n) is 5.03. The van der Waals surface area contributed by atoms with Crippen LogP contribution in [0, 0.1) is 11.3 Å². The molecule has 0 fully saturated rings. The SMILES string of the molecule is CCCCCCCCC(CC)C(CC)(CC)C(=O)O[SiH3]. The van der Waals surface area contributed by atoms with Gasteiger partial charge in [-0.15, -0.1) is 0 Å². The molecule has 0 aliphatic heterocycles. The number of rotatable bonds is 12. The van der Waals surface area contributed by atoms with Crippen molar-refractivity contribution in [2.45, 2.75) is 91.9 Å². The normalized spacial score (nSPS) is 13.4. The Morgan fingerprint density at radius 2 is 1.55 bits per heavy atom. The van der Waals surface area contributed by atoms with Gasteiger partial charge in [0.15, 0.2) is 0 Å². The summed E-state index contributed by atoms with van der Waals surface area (Å²) in [6, 6.07) is 0. The maximum Gasteiger partial charge on any atom is 0.298 e. The number of carbonyl (C=O) groups excluding carboxylic acids is 1. The number of carbonyl (C=O) groups is 1. The van der Waals surface area contributed by atoms with Crippen molar-refractivity contribution < 1.29 is 9.22 Å². The van der Waals surface area contributed by atoms with Crippen LogP contribution in [0.3, 0.4) is 0 Å². The van der Waals surface area contributed by atoms with Crippen LogP contribution in [0.1, 0.15) is 91.9 Å². The highest BCUT2D eigenvalue weighted by Gasteiger charge is 2.41. The van der Waals surface area contributed by atoms with Crippen molar-refractivity contribution in [3.63, 3.8) is 0 Å². The minimum absolute atomic E-state index is 0.0620. The molecule has 1 atom stereocenters. The topological polar surface area (TPSA) is 26.3 Å².